The number of benzene rings is 2. The van der Waals surface area contributed by atoms with Gasteiger partial charge in [0.2, 0.25) is 0 Å². The van der Waals surface area contributed by atoms with Crippen molar-refractivity contribution in [3.63, 3.8) is 0 Å². The van der Waals surface area contributed by atoms with Crippen molar-refractivity contribution in [3.8, 4) is 0 Å². The second-order valence-corrected chi connectivity index (χ2v) is 5.83. The Bertz CT molecular complexity index is 714. The SMILES string of the molecule is Cc1ccc(NC(=O)COC(=O)Cc2ccc(Cl)cc2Cl)cc1. The predicted molar refractivity (Wildman–Crippen MR) is 90.9 cm³/mol. The first-order valence-electron chi connectivity index (χ1n) is 6.90. The van der Waals surface area contributed by atoms with Gasteiger partial charge >= 0.3 is 5.97 Å². The van der Waals surface area contributed by atoms with Crippen molar-refractivity contribution in [2.45, 2.75) is 13.3 Å². The highest BCUT2D eigenvalue weighted by molar-refractivity contribution is 6.35. The number of esters is 1. The Morgan fingerprint density at radius 3 is 2.43 bits per heavy atom. The highest BCUT2D eigenvalue weighted by atomic mass is 35.5. The average Bonchev–Trinajstić information content (AvgIpc) is 2.50. The molecule has 2 aromatic carbocycles. The van der Waals surface area contributed by atoms with Crippen LogP contribution in [0.1, 0.15) is 11.1 Å². The number of anilines is 1. The lowest BCUT2D eigenvalue weighted by Gasteiger charge is -2.08. The van der Waals surface area contributed by atoms with Gasteiger partial charge in [-0.2, -0.15) is 0 Å². The molecule has 0 saturated heterocycles. The quantitative estimate of drug-likeness (QED) is 0.827. The van der Waals surface area contributed by atoms with Crippen molar-refractivity contribution in [1.29, 1.82) is 0 Å². The average molecular weight is 352 g/mol. The van der Waals surface area contributed by atoms with E-state index < -0.39 is 11.9 Å². The summed E-state index contributed by atoms with van der Waals surface area (Å²) in [4.78, 5) is 23.5. The molecule has 0 spiro atoms. The first-order chi connectivity index (χ1) is 10.9. The van der Waals surface area contributed by atoms with Crippen molar-refractivity contribution < 1.29 is 14.3 Å². The van der Waals surface area contributed by atoms with E-state index in [0.29, 0.717) is 21.3 Å². The molecule has 23 heavy (non-hydrogen) atoms. The number of carbonyl (C=O) groups excluding carboxylic acids is 2. The van der Waals surface area contributed by atoms with Crippen LogP contribution in [0.4, 0.5) is 5.69 Å². The van der Waals surface area contributed by atoms with Crippen LogP contribution < -0.4 is 5.32 Å². The predicted octanol–water partition coefficient (Wildman–Crippen LogP) is 4.03. The molecule has 1 amide bonds. The summed E-state index contributed by atoms with van der Waals surface area (Å²) in [6.45, 7) is 1.60. The lowest BCUT2D eigenvalue weighted by Crippen LogP contribution is -2.21. The second kappa shape index (κ2) is 7.99. The van der Waals surface area contributed by atoms with Crippen LogP contribution in [0.3, 0.4) is 0 Å². The minimum Gasteiger partial charge on any atom is -0.455 e. The smallest absolute Gasteiger partial charge is 0.310 e. The highest BCUT2D eigenvalue weighted by Gasteiger charge is 2.11. The Morgan fingerprint density at radius 1 is 1.09 bits per heavy atom. The summed E-state index contributed by atoms with van der Waals surface area (Å²) >= 11 is 11.8. The van der Waals surface area contributed by atoms with Crippen molar-refractivity contribution in [2.75, 3.05) is 11.9 Å². The number of ether oxygens (including phenoxy) is 1. The largest absolute Gasteiger partial charge is 0.455 e. The van der Waals surface area contributed by atoms with E-state index in [2.05, 4.69) is 5.32 Å². The van der Waals surface area contributed by atoms with Gasteiger partial charge in [-0.1, -0.05) is 47.0 Å². The maximum atomic E-state index is 11.8. The molecule has 0 aliphatic carbocycles. The van der Waals surface area contributed by atoms with E-state index in [4.69, 9.17) is 27.9 Å². The molecule has 2 rings (SSSR count). The van der Waals surface area contributed by atoms with Gasteiger partial charge in [-0.05, 0) is 36.8 Å². The molecule has 0 aromatic heterocycles. The molecular formula is C17H15Cl2NO3. The number of amides is 1. The number of hydrogen-bond acceptors (Lipinski definition) is 3. The lowest BCUT2D eigenvalue weighted by molar-refractivity contribution is -0.146. The van der Waals surface area contributed by atoms with E-state index in [1.165, 1.54) is 0 Å². The van der Waals surface area contributed by atoms with Crippen molar-refractivity contribution in [1.82, 2.24) is 0 Å². The summed E-state index contributed by atoms with van der Waals surface area (Å²) in [5, 5.41) is 3.53. The van der Waals surface area contributed by atoms with Gasteiger partial charge in [0.25, 0.3) is 5.91 Å². The zero-order valence-electron chi connectivity index (χ0n) is 12.4. The number of nitrogens with one attached hydrogen (secondary N) is 1. The Hall–Kier alpha value is -2.04. The van der Waals surface area contributed by atoms with Crippen LogP contribution in [0.5, 0.6) is 0 Å². The third-order valence-corrected chi connectivity index (χ3v) is 3.64. The number of carbonyl (C=O) groups is 2. The number of hydrogen-bond donors (Lipinski definition) is 1. The fourth-order valence-corrected chi connectivity index (χ4v) is 2.33. The van der Waals surface area contributed by atoms with Gasteiger partial charge in [0.1, 0.15) is 0 Å². The van der Waals surface area contributed by atoms with Crippen molar-refractivity contribution in [2.24, 2.45) is 0 Å². The third kappa shape index (κ3) is 5.58. The summed E-state index contributed by atoms with van der Waals surface area (Å²) in [5.74, 6) is -0.933. The first kappa shape index (κ1) is 17.3. The van der Waals surface area contributed by atoms with Gasteiger partial charge in [-0.3, -0.25) is 9.59 Å². The molecule has 6 heteroatoms. The van der Waals surface area contributed by atoms with Crippen LogP contribution in [0, 0.1) is 6.92 Å². The van der Waals surface area contributed by atoms with E-state index in [1.54, 1.807) is 30.3 Å². The molecule has 0 heterocycles. The van der Waals surface area contributed by atoms with E-state index in [0.717, 1.165) is 5.56 Å². The molecule has 0 unspecified atom stereocenters. The molecule has 0 bridgehead atoms. The fraction of sp³-hybridized carbons (Fsp3) is 0.176. The van der Waals surface area contributed by atoms with Crippen molar-refractivity contribution >= 4 is 40.8 Å². The Balaban J connectivity index is 1.81. The molecule has 0 aliphatic heterocycles. The molecular weight excluding hydrogens is 337 g/mol. The van der Waals surface area contributed by atoms with E-state index in [9.17, 15) is 9.59 Å². The minimum absolute atomic E-state index is 0.0200. The molecule has 0 radical (unpaired) electrons. The summed E-state index contributed by atoms with van der Waals surface area (Å²) < 4.78 is 4.95. The molecule has 1 N–H and O–H groups in total. The normalized spacial score (nSPS) is 10.2. The summed E-state index contributed by atoms with van der Waals surface area (Å²) in [6, 6.07) is 12.2. The summed E-state index contributed by atoms with van der Waals surface area (Å²) in [7, 11) is 0. The molecule has 0 atom stereocenters. The van der Waals surface area contributed by atoms with Gasteiger partial charge in [0, 0.05) is 15.7 Å². The van der Waals surface area contributed by atoms with Crippen LogP contribution in [0.15, 0.2) is 42.5 Å². The second-order valence-electron chi connectivity index (χ2n) is 4.99. The number of rotatable bonds is 5. The van der Waals surface area contributed by atoms with E-state index in [1.807, 2.05) is 19.1 Å². The van der Waals surface area contributed by atoms with Gasteiger partial charge < -0.3 is 10.1 Å². The van der Waals surface area contributed by atoms with Gasteiger partial charge in [0.05, 0.1) is 6.42 Å². The van der Waals surface area contributed by atoms with Crippen LogP contribution in [-0.2, 0) is 20.7 Å². The Morgan fingerprint density at radius 2 is 1.78 bits per heavy atom. The Labute approximate surface area is 144 Å². The molecule has 120 valence electrons. The van der Waals surface area contributed by atoms with Crippen LogP contribution in [-0.4, -0.2) is 18.5 Å². The summed E-state index contributed by atoms with van der Waals surface area (Å²) in [6.07, 6.45) is -0.0200. The molecule has 0 fully saturated rings. The molecule has 0 aliphatic rings. The topological polar surface area (TPSA) is 55.4 Å². The number of aryl methyl sites for hydroxylation is 1. The van der Waals surface area contributed by atoms with Crippen molar-refractivity contribution in [3.05, 3.63) is 63.6 Å². The zero-order valence-corrected chi connectivity index (χ0v) is 13.9. The number of halogens is 2. The maximum Gasteiger partial charge on any atom is 0.310 e. The fourth-order valence-electron chi connectivity index (χ4n) is 1.85. The van der Waals surface area contributed by atoms with Crippen LogP contribution in [0.25, 0.3) is 0 Å². The van der Waals surface area contributed by atoms with Crippen LogP contribution >= 0.6 is 23.2 Å². The molecule has 0 saturated carbocycles. The monoisotopic (exact) mass is 351 g/mol. The molecule has 4 nitrogen and oxygen atoms in total. The van der Waals surface area contributed by atoms with Gasteiger partial charge in [-0.25, -0.2) is 0 Å². The zero-order chi connectivity index (χ0) is 16.8. The Kier molecular flexibility index (Phi) is 6.02. The minimum atomic E-state index is -0.534. The van der Waals surface area contributed by atoms with Crippen LogP contribution in [0.2, 0.25) is 10.0 Å². The van der Waals surface area contributed by atoms with E-state index >= 15 is 0 Å². The first-order valence-corrected chi connectivity index (χ1v) is 7.66. The summed E-state index contributed by atoms with van der Waals surface area (Å²) in [5.41, 5.74) is 2.34. The maximum absolute atomic E-state index is 11.8. The third-order valence-electron chi connectivity index (χ3n) is 3.05. The van der Waals surface area contributed by atoms with Gasteiger partial charge in [0.15, 0.2) is 6.61 Å². The van der Waals surface area contributed by atoms with E-state index in [-0.39, 0.29) is 13.0 Å². The highest BCUT2D eigenvalue weighted by Crippen LogP contribution is 2.21. The van der Waals surface area contributed by atoms with Gasteiger partial charge in [-0.15, -0.1) is 0 Å². The molecule has 2 aromatic rings. The lowest BCUT2D eigenvalue weighted by atomic mass is 10.1. The standard InChI is InChI=1S/C17H15Cl2NO3/c1-11-2-6-14(7-3-11)20-16(21)10-23-17(22)8-12-4-5-13(18)9-15(12)19/h2-7,9H,8,10H2,1H3,(H,20,21).